The fraction of sp³-hybridized carbons (Fsp3) is 0. The molecule has 26 heavy (non-hydrogen) atoms. The van der Waals surface area contributed by atoms with E-state index in [4.69, 9.17) is 0 Å². The quantitative estimate of drug-likeness (QED) is 0.526. The molecule has 0 saturated carbocycles. The number of anilines is 1. The molecule has 0 fully saturated rings. The maximum absolute atomic E-state index is 12.6. The Morgan fingerprint density at radius 2 is 1.92 bits per heavy atom. The van der Waals surface area contributed by atoms with Crippen LogP contribution in [0.2, 0.25) is 0 Å². The molecule has 0 unspecified atom stereocenters. The van der Waals surface area contributed by atoms with Crippen LogP contribution in [0.15, 0.2) is 67.3 Å². The number of aromatic amines is 1. The van der Waals surface area contributed by atoms with Crippen molar-refractivity contribution in [3.63, 3.8) is 0 Å². The minimum Gasteiger partial charge on any atom is -0.508 e. The summed E-state index contributed by atoms with van der Waals surface area (Å²) in [7, 11) is 0. The molecule has 0 aliphatic carbocycles. The molecule has 4 aromatic rings. The lowest BCUT2D eigenvalue weighted by Gasteiger charge is -2.09. The van der Waals surface area contributed by atoms with E-state index in [1.807, 2.05) is 18.2 Å². The third kappa shape index (κ3) is 3.03. The first kappa shape index (κ1) is 15.6. The molecule has 0 bridgehead atoms. The molecule has 8 heteroatoms. The third-order valence-corrected chi connectivity index (χ3v) is 3.80. The Hall–Kier alpha value is -3.94. The molecule has 0 spiro atoms. The monoisotopic (exact) mass is 346 g/mol. The Balaban J connectivity index is 1.58. The molecule has 8 nitrogen and oxygen atoms in total. The van der Waals surface area contributed by atoms with Crippen molar-refractivity contribution in [2.45, 2.75) is 0 Å². The number of benzene rings is 2. The van der Waals surface area contributed by atoms with Crippen LogP contribution in [0.5, 0.6) is 5.75 Å². The number of nitrogens with one attached hydrogen (secondary N) is 2. The Kier molecular flexibility index (Phi) is 3.91. The first-order valence-electron chi connectivity index (χ1n) is 7.81. The molecule has 4 rings (SSSR count). The van der Waals surface area contributed by atoms with E-state index in [0.717, 1.165) is 5.56 Å². The molecule has 128 valence electrons. The van der Waals surface area contributed by atoms with Crippen LogP contribution in [-0.2, 0) is 0 Å². The van der Waals surface area contributed by atoms with Crippen molar-refractivity contribution in [1.82, 2.24) is 25.0 Å². The van der Waals surface area contributed by atoms with Crippen LogP contribution >= 0.6 is 0 Å². The number of aromatic nitrogens is 5. The second kappa shape index (κ2) is 6.52. The maximum Gasteiger partial charge on any atom is 0.273 e. The van der Waals surface area contributed by atoms with Gasteiger partial charge in [-0.25, -0.2) is 9.67 Å². The van der Waals surface area contributed by atoms with E-state index in [1.54, 1.807) is 47.4 Å². The molecule has 0 saturated heterocycles. The lowest BCUT2D eigenvalue weighted by molar-refractivity contribution is 0.102. The summed E-state index contributed by atoms with van der Waals surface area (Å²) in [6.07, 6.45) is 2.99. The molecule has 0 radical (unpaired) electrons. The molecule has 0 atom stereocenters. The topological polar surface area (TPSA) is 109 Å². The van der Waals surface area contributed by atoms with Crippen LogP contribution in [0.25, 0.3) is 16.9 Å². The van der Waals surface area contributed by atoms with E-state index in [9.17, 15) is 9.90 Å². The van der Waals surface area contributed by atoms with Gasteiger partial charge in [-0.3, -0.25) is 9.89 Å². The number of para-hydroxylation sites is 2. The van der Waals surface area contributed by atoms with Crippen molar-refractivity contribution >= 4 is 11.6 Å². The molecule has 2 heterocycles. The normalized spacial score (nSPS) is 10.6. The summed E-state index contributed by atoms with van der Waals surface area (Å²) in [6.45, 7) is 0. The molecule has 0 aliphatic heterocycles. The molecule has 2 aromatic carbocycles. The van der Waals surface area contributed by atoms with E-state index in [0.29, 0.717) is 22.8 Å². The number of rotatable bonds is 4. The second-order valence-electron chi connectivity index (χ2n) is 5.53. The van der Waals surface area contributed by atoms with E-state index in [1.165, 1.54) is 6.33 Å². The van der Waals surface area contributed by atoms with Gasteiger partial charge >= 0.3 is 0 Å². The van der Waals surface area contributed by atoms with Gasteiger partial charge < -0.3 is 10.4 Å². The number of phenols is 1. The van der Waals surface area contributed by atoms with Gasteiger partial charge in [0.15, 0.2) is 0 Å². The van der Waals surface area contributed by atoms with Crippen molar-refractivity contribution in [3.05, 3.63) is 72.9 Å². The zero-order valence-corrected chi connectivity index (χ0v) is 13.5. The van der Waals surface area contributed by atoms with Crippen molar-refractivity contribution in [3.8, 4) is 22.7 Å². The fourth-order valence-electron chi connectivity index (χ4n) is 2.52. The third-order valence-electron chi connectivity index (χ3n) is 3.80. The van der Waals surface area contributed by atoms with E-state index in [2.05, 4.69) is 25.6 Å². The van der Waals surface area contributed by atoms with Gasteiger partial charge in [-0.2, -0.15) is 10.2 Å². The number of aromatic hydroxyl groups is 1. The average molecular weight is 346 g/mol. The molecule has 1 amide bonds. The van der Waals surface area contributed by atoms with Crippen molar-refractivity contribution in [2.75, 3.05) is 5.32 Å². The fourth-order valence-corrected chi connectivity index (χ4v) is 2.52. The molecular weight excluding hydrogens is 332 g/mol. The first-order chi connectivity index (χ1) is 12.7. The molecule has 2 aromatic heterocycles. The smallest absolute Gasteiger partial charge is 0.273 e. The highest BCUT2D eigenvalue weighted by molar-refractivity contribution is 6.04. The number of nitrogens with zero attached hydrogens (tertiary/aromatic N) is 4. The Morgan fingerprint density at radius 1 is 1.12 bits per heavy atom. The van der Waals surface area contributed by atoms with E-state index < -0.39 is 0 Å². The van der Waals surface area contributed by atoms with Gasteiger partial charge in [-0.15, -0.1) is 0 Å². The predicted octanol–water partition coefficient (Wildman–Crippen LogP) is 2.62. The Morgan fingerprint density at radius 3 is 2.69 bits per heavy atom. The summed E-state index contributed by atoms with van der Waals surface area (Å²) in [6, 6.07) is 15.5. The zero-order chi connectivity index (χ0) is 17.9. The summed E-state index contributed by atoms with van der Waals surface area (Å²) in [5.74, 6) is -0.151. The van der Waals surface area contributed by atoms with Gasteiger partial charge in [-0.05, 0) is 42.5 Å². The van der Waals surface area contributed by atoms with E-state index >= 15 is 0 Å². The van der Waals surface area contributed by atoms with Crippen LogP contribution in [-0.4, -0.2) is 36.0 Å². The van der Waals surface area contributed by atoms with Crippen LogP contribution in [0, 0.1) is 0 Å². The van der Waals surface area contributed by atoms with Gasteiger partial charge in [-0.1, -0.05) is 12.1 Å². The summed E-state index contributed by atoms with van der Waals surface area (Å²) in [5.41, 5.74) is 3.03. The number of H-pyrrole nitrogens is 1. The summed E-state index contributed by atoms with van der Waals surface area (Å²) < 4.78 is 1.57. The summed E-state index contributed by atoms with van der Waals surface area (Å²) >= 11 is 0. The molecule has 3 N–H and O–H groups in total. The van der Waals surface area contributed by atoms with Crippen LogP contribution in [0.1, 0.15) is 10.5 Å². The highest BCUT2D eigenvalue weighted by Crippen LogP contribution is 2.22. The first-order valence-corrected chi connectivity index (χ1v) is 7.81. The van der Waals surface area contributed by atoms with Crippen molar-refractivity contribution in [2.24, 2.45) is 0 Å². The maximum atomic E-state index is 12.6. The highest BCUT2D eigenvalue weighted by atomic mass is 16.3. The van der Waals surface area contributed by atoms with Crippen LogP contribution in [0.4, 0.5) is 5.69 Å². The summed E-state index contributed by atoms with van der Waals surface area (Å²) in [5, 5.41) is 23.2. The largest absolute Gasteiger partial charge is 0.508 e. The standard InChI is InChI=1S/C18H14N6O2/c25-13-7-5-12(6-8-13)15-9-16(23-22-15)18(26)21-14-3-1-2-4-17(14)24-11-19-10-20-24/h1-11,25H,(H,21,26)(H,22,23). The SMILES string of the molecule is O=C(Nc1ccccc1-n1cncn1)c1cc(-c2ccc(O)cc2)n[nH]1. The predicted molar refractivity (Wildman–Crippen MR) is 95.0 cm³/mol. The second-order valence-corrected chi connectivity index (χ2v) is 5.53. The van der Waals surface area contributed by atoms with Crippen LogP contribution < -0.4 is 5.32 Å². The van der Waals surface area contributed by atoms with Crippen LogP contribution in [0.3, 0.4) is 0 Å². The van der Waals surface area contributed by atoms with Gasteiger partial charge in [0.25, 0.3) is 5.91 Å². The average Bonchev–Trinajstić information content (AvgIpc) is 3.35. The molecular formula is C18H14N6O2. The minimum absolute atomic E-state index is 0.173. The number of phenolic OH excluding ortho intramolecular Hbond substituents is 1. The lowest BCUT2D eigenvalue weighted by Crippen LogP contribution is -2.14. The number of hydrogen-bond acceptors (Lipinski definition) is 5. The minimum atomic E-state index is -0.324. The van der Waals surface area contributed by atoms with Gasteiger partial charge in [0.05, 0.1) is 17.1 Å². The number of carbonyl (C=O) groups is 1. The van der Waals surface area contributed by atoms with Crippen molar-refractivity contribution < 1.29 is 9.90 Å². The Labute approximate surface area is 148 Å². The number of hydrogen-bond donors (Lipinski definition) is 3. The Bertz CT molecular complexity index is 1040. The summed E-state index contributed by atoms with van der Waals surface area (Å²) in [4.78, 5) is 16.5. The zero-order valence-electron chi connectivity index (χ0n) is 13.5. The van der Waals surface area contributed by atoms with Gasteiger partial charge in [0.2, 0.25) is 0 Å². The van der Waals surface area contributed by atoms with Gasteiger partial charge in [0.1, 0.15) is 24.1 Å². The van der Waals surface area contributed by atoms with Crippen molar-refractivity contribution in [1.29, 1.82) is 0 Å². The lowest BCUT2D eigenvalue weighted by atomic mass is 10.1. The van der Waals surface area contributed by atoms with E-state index in [-0.39, 0.29) is 11.7 Å². The molecule has 0 aliphatic rings. The van der Waals surface area contributed by atoms with Gasteiger partial charge in [0, 0.05) is 5.56 Å². The number of carbonyl (C=O) groups excluding carboxylic acids is 1. The number of amides is 1. The highest BCUT2D eigenvalue weighted by Gasteiger charge is 2.14.